The van der Waals surface area contributed by atoms with Crippen LogP contribution in [0.1, 0.15) is 0 Å². The number of thiophene rings is 2. The average Bonchev–Trinajstić information content (AvgIpc) is 3.50. The first-order chi connectivity index (χ1) is 14.3. The van der Waals surface area contributed by atoms with E-state index in [-0.39, 0.29) is 5.56 Å². The standard InChI is InChI=1S/C20H15N5OS3/c26-19-17-15(16-7-4-9-27-16)11-29-18(17)23-20(25(19)14-5-2-1-3-6-14)28-10-8-24-13-21-12-22-24/h1-7,9,11-13H,8,10H2. The zero-order valence-electron chi connectivity index (χ0n) is 15.1. The number of rotatable bonds is 6. The van der Waals surface area contributed by atoms with Crippen LogP contribution in [-0.2, 0) is 6.54 Å². The molecule has 0 saturated heterocycles. The van der Waals surface area contributed by atoms with Crippen molar-refractivity contribution >= 4 is 44.7 Å². The second-order valence-corrected chi connectivity index (χ2v) is 9.05. The van der Waals surface area contributed by atoms with Crippen LogP contribution in [0.5, 0.6) is 0 Å². The van der Waals surface area contributed by atoms with E-state index in [1.165, 1.54) is 17.7 Å². The summed E-state index contributed by atoms with van der Waals surface area (Å²) < 4.78 is 3.49. The van der Waals surface area contributed by atoms with Crippen LogP contribution in [0.2, 0.25) is 0 Å². The third-order valence-electron chi connectivity index (χ3n) is 4.40. The topological polar surface area (TPSA) is 65.6 Å². The second kappa shape index (κ2) is 7.94. The number of aromatic nitrogens is 5. The molecule has 0 unspecified atom stereocenters. The number of thioether (sulfide) groups is 1. The molecular weight excluding hydrogens is 422 g/mol. The molecule has 0 saturated carbocycles. The highest BCUT2D eigenvalue weighted by molar-refractivity contribution is 7.99. The first kappa shape index (κ1) is 18.3. The van der Waals surface area contributed by atoms with Crippen LogP contribution in [0.25, 0.3) is 26.3 Å². The summed E-state index contributed by atoms with van der Waals surface area (Å²) in [6.45, 7) is 0.693. The monoisotopic (exact) mass is 437 g/mol. The van der Waals surface area contributed by atoms with Crippen LogP contribution in [0.15, 0.2) is 75.8 Å². The molecule has 0 spiro atoms. The maximum absolute atomic E-state index is 13.6. The summed E-state index contributed by atoms with van der Waals surface area (Å²) in [5, 5.41) is 9.56. The minimum atomic E-state index is -0.0332. The molecule has 0 aliphatic rings. The maximum atomic E-state index is 13.6. The number of hydrogen-bond donors (Lipinski definition) is 0. The average molecular weight is 438 g/mol. The van der Waals surface area contributed by atoms with E-state index in [2.05, 4.69) is 10.1 Å². The van der Waals surface area contributed by atoms with E-state index in [0.29, 0.717) is 17.1 Å². The zero-order chi connectivity index (χ0) is 19.6. The fourth-order valence-electron chi connectivity index (χ4n) is 3.07. The van der Waals surface area contributed by atoms with Gasteiger partial charge in [0.15, 0.2) is 5.16 Å². The van der Waals surface area contributed by atoms with Gasteiger partial charge in [0.2, 0.25) is 0 Å². The molecule has 6 nitrogen and oxygen atoms in total. The van der Waals surface area contributed by atoms with Crippen molar-refractivity contribution in [3.05, 3.63) is 76.2 Å². The van der Waals surface area contributed by atoms with Gasteiger partial charge in [-0.15, -0.1) is 22.7 Å². The summed E-state index contributed by atoms with van der Waals surface area (Å²) >= 11 is 4.70. The molecule has 0 N–H and O–H groups in total. The number of aryl methyl sites for hydroxylation is 1. The molecule has 4 aromatic heterocycles. The van der Waals surface area contributed by atoms with Crippen molar-refractivity contribution in [2.75, 3.05) is 5.75 Å². The second-order valence-electron chi connectivity index (χ2n) is 6.18. The fourth-order valence-corrected chi connectivity index (χ4v) is 5.81. The molecular formula is C20H15N5OS3. The van der Waals surface area contributed by atoms with Crippen molar-refractivity contribution in [1.29, 1.82) is 0 Å². The lowest BCUT2D eigenvalue weighted by atomic mass is 10.2. The SMILES string of the molecule is O=c1c2c(-c3cccs3)csc2nc(SCCn2cncn2)n1-c1ccccc1. The third kappa shape index (κ3) is 3.52. The molecule has 9 heteroatoms. The summed E-state index contributed by atoms with van der Waals surface area (Å²) in [6.07, 6.45) is 3.21. The Morgan fingerprint density at radius 3 is 2.72 bits per heavy atom. The maximum Gasteiger partial charge on any atom is 0.268 e. The van der Waals surface area contributed by atoms with Gasteiger partial charge >= 0.3 is 0 Å². The predicted molar refractivity (Wildman–Crippen MR) is 119 cm³/mol. The lowest BCUT2D eigenvalue weighted by molar-refractivity contribution is 0.663. The summed E-state index contributed by atoms with van der Waals surface area (Å²) in [7, 11) is 0. The fraction of sp³-hybridized carbons (Fsp3) is 0.100. The predicted octanol–water partition coefficient (Wildman–Crippen LogP) is 4.56. The van der Waals surface area contributed by atoms with E-state index < -0.39 is 0 Å². The number of fused-ring (bicyclic) bond motifs is 1. The van der Waals surface area contributed by atoms with Gasteiger partial charge in [0.25, 0.3) is 5.56 Å². The molecule has 5 rings (SSSR count). The summed E-state index contributed by atoms with van der Waals surface area (Å²) in [6, 6.07) is 13.7. The van der Waals surface area contributed by atoms with Crippen molar-refractivity contribution in [2.45, 2.75) is 11.7 Å². The van der Waals surface area contributed by atoms with Gasteiger partial charge < -0.3 is 0 Å². The van der Waals surface area contributed by atoms with Crippen LogP contribution < -0.4 is 5.56 Å². The molecule has 0 bridgehead atoms. The first-order valence-corrected chi connectivity index (χ1v) is 11.6. The molecule has 0 aliphatic heterocycles. The van der Waals surface area contributed by atoms with E-state index >= 15 is 0 Å². The van der Waals surface area contributed by atoms with Crippen molar-refractivity contribution in [3.8, 4) is 16.1 Å². The van der Waals surface area contributed by atoms with E-state index in [1.54, 1.807) is 38.7 Å². The molecule has 0 amide bonds. The van der Waals surface area contributed by atoms with Crippen LogP contribution in [0.3, 0.4) is 0 Å². The molecule has 4 heterocycles. The van der Waals surface area contributed by atoms with Gasteiger partial charge in [-0.05, 0) is 23.6 Å². The van der Waals surface area contributed by atoms with Crippen molar-refractivity contribution < 1.29 is 0 Å². The molecule has 0 aliphatic carbocycles. The van der Waals surface area contributed by atoms with Crippen molar-refractivity contribution in [3.63, 3.8) is 0 Å². The third-order valence-corrected chi connectivity index (χ3v) is 7.09. The minimum absolute atomic E-state index is 0.0332. The quantitative estimate of drug-likeness (QED) is 0.288. The highest BCUT2D eigenvalue weighted by Crippen LogP contribution is 2.35. The highest BCUT2D eigenvalue weighted by Gasteiger charge is 2.18. The van der Waals surface area contributed by atoms with Gasteiger partial charge in [-0.25, -0.2) is 9.97 Å². The molecule has 5 aromatic rings. The van der Waals surface area contributed by atoms with Crippen LogP contribution in [0, 0.1) is 0 Å². The molecule has 0 fully saturated rings. The summed E-state index contributed by atoms with van der Waals surface area (Å²) in [5.74, 6) is 0.733. The minimum Gasteiger partial charge on any atom is -0.268 e. The van der Waals surface area contributed by atoms with E-state index in [9.17, 15) is 4.79 Å². The Kier molecular flexibility index (Phi) is 5.01. The summed E-state index contributed by atoms with van der Waals surface area (Å²) in [5.41, 5.74) is 1.74. The van der Waals surface area contributed by atoms with Crippen LogP contribution >= 0.6 is 34.4 Å². The molecule has 0 atom stereocenters. The van der Waals surface area contributed by atoms with Gasteiger partial charge in [0.1, 0.15) is 17.5 Å². The normalized spacial score (nSPS) is 11.3. The Morgan fingerprint density at radius 1 is 1.07 bits per heavy atom. The smallest absolute Gasteiger partial charge is 0.268 e. The van der Waals surface area contributed by atoms with Gasteiger partial charge in [0, 0.05) is 21.6 Å². The zero-order valence-corrected chi connectivity index (χ0v) is 17.6. The largest absolute Gasteiger partial charge is 0.268 e. The number of hydrogen-bond acceptors (Lipinski definition) is 7. The molecule has 29 heavy (non-hydrogen) atoms. The van der Waals surface area contributed by atoms with E-state index in [1.807, 2.05) is 53.2 Å². The Balaban J connectivity index is 1.62. The Hall–Kier alpha value is -2.75. The summed E-state index contributed by atoms with van der Waals surface area (Å²) in [4.78, 5) is 24.3. The van der Waals surface area contributed by atoms with Gasteiger partial charge in [-0.1, -0.05) is 36.0 Å². The lowest BCUT2D eigenvalue weighted by Crippen LogP contribution is -2.21. The van der Waals surface area contributed by atoms with Gasteiger partial charge in [-0.2, -0.15) is 5.10 Å². The van der Waals surface area contributed by atoms with E-state index in [4.69, 9.17) is 4.98 Å². The Labute approximate surface area is 178 Å². The lowest BCUT2D eigenvalue weighted by Gasteiger charge is -2.12. The van der Waals surface area contributed by atoms with Crippen LogP contribution in [0.4, 0.5) is 0 Å². The Bertz CT molecular complexity index is 1290. The highest BCUT2D eigenvalue weighted by atomic mass is 32.2. The first-order valence-electron chi connectivity index (χ1n) is 8.90. The van der Waals surface area contributed by atoms with Crippen molar-refractivity contribution in [2.24, 2.45) is 0 Å². The number of benzene rings is 1. The molecule has 144 valence electrons. The Morgan fingerprint density at radius 2 is 1.97 bits per heavy atom. The number of nitrogens with zero attached hydrogens (tertiary/aromatic N) is 5. The number of para-hydroxylation sites is 1. The van der Waals surface area contributed by atoms with E-state index in [0.717, 1.165) is 26.7 Å². The van der Waals surface area contributed by atoms with Gasteiger partial charge in [0.05, 0.1) is 17.6 Å². The molecule has 1 aromatic carbocycles. The van der Waals surface area contributed by atoms with Gasteiger partial charge in [-0.3, -0.25) is 14.0 Å². The van der Waals surface area contributed by atoms with Crippen molar-refractivity contribution in [1.82, 2.24) is 24.3 Å². The molecule has 0 radical (unpaired) electrons. The van der Waals surface area contributed by atoms with Crippen LogP contribution in [-0.4, -0.2) is 30.1 Å².